The van der Waals surface area contributed by atoms with Gasteiger partial charge in [0.05, 0.1) is 5.92 Å². The summed E-state index contributed by atoms with van der Waals surface area (Å²) in [6.07, 6.45) is 5.75. The number of carbonyl (C=O) groups excluding carboxylic acids is 1. The van der Waals surface area contributed by atoms with Gasteiger partial charge in [0, 0.05) is 31.0 Å². The monoisotopic (exact) mass is 247 g/mol. The van der Waals surface area contributed by atoms with E-state index in [1.807, 2.05) is 30.9 Å². The number of nitrogens with two attached hydrogens (primary N) is 1. The number of rotatable bonds is 5. The summed E-state index contributed by atoms with van der Waals surface area (Å²) in [7, 11) is 0. The normalized spacial score (nSPS) is 18.2. The lowest BCUT2D eigenvalue weighted by molar-refractivity contribution is -0.136. The topological polar surface area (TPSA) is 59.2 Å². The van der Waals surface area contributed by atoms with Crippen LogP contribution >= 0.6 is 0 Å². The van der Waals surface area contributed by atoms with E-state index in [0.717, 1.165) is 18.4 Å². The molecule has 1 aromatic rings. The Kier molecular flexibility index (Phi) is 3.97. The fraction of sp³-hybridized carbons (Fsp3) is 0.571. The Hall–Kier alpha value is -1.42. The van der Waals surface area contributed by atoms with Crippen LogP contribution in [0.4, 0.5) is 0 Å². The number of nitrogens with zero attached hydrogens (tertiary/aromatic N) is 2. The molecule has 1 aliphatic carbocycles. The van der Waals surface area contributed by atoms with Crippen molar-refractivity contribution in [3.05, 3.63) is 30.1 Å². The van der Waals surface area contributed by atoms with E-state index in [4.69, 9.17) is 5.73 Å². The lowest BCUT2D eigenvalue weighted by Gasteiger charge is -2.27. The third kappa shape index (κ3) is 3.07. The summed E-state index contributed by atoms with van der Waals surface area (Å²) in [4.78, 5) is 18.4. The quantitative estimate of drug-likeness (QED) is 0.859. The van der Waals surface area contributed by atoms with Gasteiger partial charge in [-0.2, -0.15) is 0 Å². The molecule has 4 heteroatoms. The standard InChI is InChI=1S/C14H21N3O/c1-10(11(2)15)14(18)17(13-3-4-13)9-12-5-7-16-8-6-12/h5-8,10-11,13H,3-4,9,15H2,1-2H3. The van der Waals surface area contributed by atoms with Crippen LogP contribution in [0.25, 0.3) is 0 Å². The van der Waals surface area contributed by atoms with Crippen LogP contribution in [0.2, 0.25) is 0 Å². The molecule has 1 saturated carbocycles. The highest BCUT2D eigenvalue weighted by molar-refractivity contribution is 5.79. The van der Waals surface area contributed by atoms with E-state index in [1.165, 1.54) is 0 Å². The molecule has 0 bridgehead atoms. The second kappa shape index (κ2) is 5.48. The van der Waals surface area contributed by atoms with Crippen LogP contribution in [0.5, 0.6) is 0 Å². The highest BCUT2D eigenvalue weighted by Crippen LogP contribution is 2.29. The first kappa shape index (κ1) is 13.0. The van der Waals surface area contributed by atoms with Crippen molar-refractivity contribution in [1.82, 2.24) is 9.88 Å². The van der Waals surface area contributed by atoms with Crippen molar-refractivity contribution < 1.29 is 4.79 Å². The van der Waals surface area contributed by atoms with Gasteiger partial charge in [0.25, 0.3) is 0 Å². The van der Waals surface area contributed by atoms with Crippen molar-refractivity contribution in [3.63, 3.8) is 0 Å². The van der Waals surface area contributed by atoms with Gasteiger partial charge in [0.1, 0.15) is 0 Å². The maximum Gasteiger partial charge on any atom is 0.227 e. The Balaban J connectivity index is 2.07. The lowest BCUT2D eigenvalue weighted by Crippen LogP contribution is -2.42. The molecular formula is C14H21N3O. The summed E-state index contributed by atoms with van der Waals surface area (Å²) in [6.45, 7) is 4.47. The first-order valence-electron chi connectivity index (χ1n) is 6.54. The fourth-order valence-electron chi connectivity index (χ4n) is 1.94. The molecule has 0 radical (unpaired) electrons. The molecule has 2 rings (SSSR count). The minimum Gasteiger partial charge on any atom is -0.335 e. The number of pyridine rings is 1. The molecule has 1 fully saturated rings. The molecule has 4 nitrogen and oxygen atoms in total. The maximum atomic E-state index is 12.4. The van der Waals surface area contributed by atoms with Crippen LogP contribution in [0.1, 0.15) is 32.3 Å². The Morgan fingerprint density at radius 2 is 2.06 bits per heavy atom. The van der Waals surface area contributed by atoms with Crippen LogP contribution in [0, 0.1) is 5.92 Å². The third-order valence-electron chi connectivity index (χ3n) is 3.55. The highest BCUT2D eigenvalue weighted by Gasteiger charge is 2.35. The lowest BCUT2D eigenvalue weighted by atomic mass is 10.0. The van der Waals surface area contributed by atoms with Gasteiger partial charge < -0.3 is 10.6 Å². The van der Waals surface area contributed by atoms with Crippen LogP contribution in [-0.2, 0) is 11.3 Å². The number of amides is 1. The predicted octanol–water partition coefficient (Wildman–Crippen LogP) is 1.56. The average molecular weight is 247 g/mol. The molecule has 0 spiro atoms. The zero-order chi connectivity index (χ0) is 13.1. The molecule has 0 aromatic carbocycles. The van der Waals surface area contributed by atoms with Gasteiger partial charge in [-0.1, -0.05) is 6.92 Å². The van der Waals surface area contributed by atoms with Gasteiger partial charge in [-0.05, 0) is 37.5 Å². The van der Waals surface area contributed by atoms with E-state index in [0.29, 0.717) is 12.6 Å². The van der Waals surface area contributed by atoms with Gasteiger partial charge in [-0.3, -0.25) is 9.78 Å². The van der Waals surface area contributed by atoms with E-state index in [2.05, 4.69) is 4.98 Å². The maximum absolute atomic E-state index is 12.4. The second-order valence-electron chi connectivity index (χ2n) is 5.20. The fourth-order valence-corrected chi connectivity index (χ4v) is 1.94. The smallest absolute Gasteiger partial charge is 0.227 e. The van der Waals surface area contributed by atoms with Crippen molar-refractivity contribution in [2.45, 2.75) is 45.3 Å². The average Bonchev–Trinajstić information content (AvgIpc) is 3.19. The van der Waals surface area contributed by atoms with Crippen molar-refractivity contribution in [1.29, 1.82) is 0 Å². The third-order valence-corrected chi connectivity index (χ3v) is 3.55. The molecular weight excluding hydrogens is 226 g/mol. The molecule has 2 unspecified atom stereocenters. The summed E-state index contributed by atoms with van der Waals surface area (Å²) in [6, 6.07) is 4.22. The van der Waals surface area contributed by atoms with Crippen molar-refractivity contribution in [2.24, 2.45) is 11.7 Å². The van der Waals surface area contributed by atoms with Gasteiger partial charge in [0.2, 0.25) is 5.91 Å². The molecule has 1 aromatic heterocycles. The summed E-state index contributed by atoms with van der Waals surface area (Å²) >= 11 is 0. The van der Waals surface area contributed by atoms with Crippen molar-refractivity contribution >= 4 is 5.91 Å². The Morgan fingerprint density at radius 1 is 1.44 bits per heavy atom. The predicted molar refractivity (Wildman–Crippen MR) is 70.6 cm³/mol. The molecule has 0 aliphatic heterocycles. The Morgan fingerprint density at radius 3 is 2.56 bits per heavy atom. The Bertz CT molecular complexity index is 401. The zero-order valence-electron chi connectivity index (χ0n) is 11.0. The number of carbonyl (C=O) groups is 1. The Labute approximate surface area is 108 Å². The number of hydrogen-bond donors (Lipinski definition) is 1. The van der Waals surface area contributed by atoms with Crippen molar-refractivity contribution in [3.8, 4) is 0 Å². The van der Waals surface area contributed by atoms with E-state index in [-0.39, 0.29) is 17.9 Å². The van der Waals surface area contributed by atoms with Crippen molar-refractivity contribution in [2.75, 3.05) is 0 Å². The first-order valence-corrected chi connectivity index (χ1v) is 6.54. The largest absolute Gasteiger partial charge is 0.335 e. The van der Waals surface area contributed by atoms with Gasteiger partial charge in [-0.15, -0.1) is 0 Å². The summed E-state index contributed by atoms with van der Waals surface area (Å²) in [5.74, 6) is 0.0525. The molecule has 0 saturated heterocycles. The van der Waals surface area contributed by atoms with Crippen LogP contribution < -0.4 is 5.73 Å². The molecule has 1 aliphatic rings. The van der Waals surface area contributed by atoms with Gasteiger partial charge >= 0.3 is 0 Å². The van der Waals surface area contributed by atoms with Crippen LogP contribution in [0.15, 0.2) is 24.5 Å². The molecule has 18 heavy (non-hydrogen) atoms. The van der Waals surface area contributed by atoms with Gasteiger partial charge in [0.15, 0.2) is 0 Å². The minimum atomic E-state index is -0.118. The molecule has 1 amide bonds. The first-order chi connectivity index (χ1) is 8.59. The van der Waals surface area contributed by atoms with E-state index in [9.17, 15) is 4.79 Å². The molecule has 2 atom stereocenters. The summed E-state index contributed by atoms with van der Waals surface area (Å²) in [5, 5.41) is 0. The summed E-state index contributed by atoms with van der Waals surface area (Å²) in [5.41, 5.74) is 6.96. The SMILES string of the molecule is CC(N)C(C)C(=O)N(Cc1ccncc1)C1CC1. The van der Waals surface area contributed by atoms with E-state index in [1.54, 1.807) is 12.4 Å². The summed E-state index contributed by atoms with van der Waals surface area (Å²) < 4.78 is 0. The minimum absolute atomic E-state index is 0.101. The molecule has 1 heterocycles. The van der Waals surface area contributed by atoms with E-state index < -0.39 is 0 Å². The number of aromatic nitrogens is 1. The molecule has 2 N–H and O–H groups in total. The zero-order valence-corrected chi connectivity index (χ0v) is 11.0. The highest BCUT2D eigenvalue weighted by atomic mass is 16.2. The van der Waals surface area contributed by atoms with Crippen LogP contribution in [0.3, 0.4) is 0 Å². The van der Waals surface area contributed by atoms with Crippen LogP contribution in [-0.4, -0.2) is 27.9 Å². The second-order valence-corrected chi connectivity index (χ2v) is 5.20. The van der Waals surface area contributed by atoms with E-state index >= 15 is 0 Å². The van der Waals surface area contributed by atoms with Gasteiger partial charge in [-0.25, -0.2) is 0 Å². The molecule has 98 valence electrons. The number of hydrogen-bond acceptors (Lipinski definition) is 3.